The summed E-state index contributed by atoms with van der Waals surface area (Å²) in [5, 5.41) is 130. The summed E-state index contributed by atoms with van der Waals surface area (Å²) in [6.45, 7) is 4.40. The smallest absolute Gasteiger partial charge is 0.303 e. The molecule has 0 aromatic heterocycles. The van der Waals surface area contributed by atoms with Crippen molar-refractivity contribution in [2.45, 2.75) is 188 Å². The summed E-state index contributed by atoms with van der Waals surface area (Å²) in [6.07, 6.45) is -40.3. The molecule has 5 rings (SSSR count). The molecule has 5 heterocycles. The number of nitrogens with one attached hydrogen (secondary N) is 1. The maximum absolute atomic E-state index is 12.7. The maximum atomic E-state index is 12.7. The second-order valence-corrected chi connectivity index (χ2v) is 15.2. The van der Waals surface area contributed by atoms with E-state index < -0.39 is 179 Å². The van der Waals surface area contributed by atoms with Gasteiger partial charge in [-0.25, -0.2) is 0 Å². The highest BCUT2D eigenvalue weighted by Gasteiger charge is 2.57. The fraction of sp³-hybridized carbons (Fsp3) is 0.941. The van der Waals surface area contributed by atoms with E-state index in [0.717, 1.165) is 13.8 Å². The predicted molar refractivity (Wildman–Crippen MR) is 183 cm³/mol. The van der Waals surface area contributed by atoms with E-state index in [2.05, 4.69) is 5.32 Å². The van der Waals surface area contributed by atoms with Crippen LogP contribution in [0.15, 0.2) is 0 Å². The van der Waals surface area contributed by atoms with Crippen molar-refractivity contribution in [3.63, 3.8) is 0 Å². The zero-order valence-electron chi connectivity index (χ0n) is 32.6. The lowest BCUT2D eigenvalue weighted by Crippen LogP contribution is -2.70. The Morgan fingerprint density at radius 3 is 1.47 bits per heavy atom. The molecular formula is C34H57NO24. The zero-order valence-corrected chi connectivity index (χ0v) is 32.6. The molecule has 0 radical (unpaired) electrons. The number of hydrogen-bond donors (Lipinski definition) is 13. The number of aliphatic hydroxyl groups is 12. The number of carbonyl (C=O) groups is 2. The molecule has 0 aromatic rings. The molecule has 0 aromatic carbocycles. The van der Waals surface area contributed by atoms with Crippen LogP contribution in [-0.2, 0) is 57.0 Å². The molecule has 25 atom stereocenters. The molecule has 0 spiro atoms. The first-order valence-corrected chi connectivity index (χ1v) is 19.1. The molecular weight excluding hydrogens is 806 g/mol. The Hall–Kier alpha value is -1.90. The van der Waals surface area contributed by atoms with E-state index in [1.165, 1.54) is 20.8 Å². The van der Waals surface area contributed by atoms with Crippen molar-refractivity contribution in [3.8, 4) is 0 Å². The van der Waals surface area contributed by atoms with E-state index in [0.29, 0.717) is 0 Å². The minimum absolute atomic E-state index is 0.775. The number of amides is 1. The lowest BCUT2D eigenvalue weighted by molar-refractivity contribution is -0.388. The number of hydrogen-bond acceptors (Lipinski definition) is 24. The third kappa shape index (κ3) is 10.3. The maximum Gasteiger partial charge on any atom is 0.303 e. The van der Waals surface area contributed by atoms with E-state index >= 15 is 0 Å². The number of rotatable bonds is 12. The highest BCUT2D eigenvalue weighted by molar-refractivity contribution is 5.73. The lowest BCUT2D eigenvalue weighted by atomic mass is 9.94. The quantitative estimate of drug-likeness (QED) is 0.0810. The second kappa shape index (κ2) is 20.1. The van der Waals surface area contributed by atoms with Gasteiger partial charge in [-0.1, -0.05) is 0 Å². The van der Waals surface area contributed by atoms with Crippen molar-refractivity contribution in [1.82, 2.24) is 5.32 Å². The predicted octanol–water partition coefficient (Wildman–Crippen LogP) is -8.13. The van der Waals surface area contributed by atoms with Crippen molar-refractivity contribution < 1.29 is 118 Å². The summed E-state index contributed by atoms with van der Waals surface area (Å²) < 4.78 is 57.5. The Kier molecular flexibility index (Phi) is 16.4. The molecule has 5 aliphatic heterocycles. The van der Waals surface area contributed by atoms with Crippen molar-refractivity contribution in [3.05, 3.63) is 0 Å². The number of ether oxygens (including phenoxy) is 10. The summed E-state index contributed by atoms with van der Waals surface area (Å²) >= 11 is 0. The van der Waals surface area contributed by atoms with Crippen LogP contribution in [0, 0.1) is 0 Å². The van der Waals surface area contributed by atoms with E-state index in [-0.39, 0.29) is 0 Å². The summed E-state index contributed by atoms with van der Waals surface area (Å²) in [5.41, 5.74) is 0. The lowest BCUT2D eigenvalue weighted by Gasteiger charge is -2.50. The first-order valence-electron chi connectivity index (χ1n) is 19.1. The van der Waals surface area contributed by atoms with Gasteiger partial charge in [0.1, 0.15) is 97.6 Å². The van der Waals surface area contributed by atoms with Crippen LogP contribution in [0.2, 0.25) is 0 Å². The molecule has 13 N–H and O–H groups in total. The van der Waals surface area contributed by atoms with Crippen LogP contribution < -0.4 is 5.32 Å². The molecule has 0 aliphatic carbocycles. The first kappa shape index (κ1) is 48.1. The molecule has 5 saturated heterocycles. The van der Waals surface area contributed by atoms with Gasteiger partial charge >= 0.3 is 5.97 Å². The van der Waals surface area contributed by atoms with Gasteiger partial charge in [0, 0.05) is 13.8 Å². The summed E-state index contributed by atoms with van der Waals surface area (Å²) in [6, 6.07) is -1.65. The van der Waals surface area contributed by atoms with Crippen LogP contribution in [0.5, 0.6) is 0 Å². The van der Waals surface area contributed by atoms with Crippen molar-refractivity contribution in [2.24, 2.45) is 0 Å². The molecule has 5 aliphatic rings. The summed E-state index contributed by atoms with van der Waals surface area (Å²) in [4.78, 5) is 25.1. The Morgan fingerprint density at radius 2 is 0.915 bits per heavy atom. The average molecular weight is 864 g/mol. The van der Waals surface area contributed by atoms with E-state index in [1.54, 1.807) is 0 Å². The van der Waals surface area contributed by atoms with Gasteiger partial charge < -0.3 is 114 Å². The molecule has 25 heteroatoms. The number of aliphatic hydroxyl groups excluding tert-OH is 12. The van der Waals surface area contributed by atoms with Crippen molar-refractivity contribution in [2.75, 3.05) is 13.2 Å². The monoisotopic (exact) mass is 863 g/mol. The Morgan fingerprint density at radius 1 is 0.475 bits per heavy atom. The SMILES string of the molecule is CC(=O)NC1[C@H](O[C@H]2C(O[C@H]3OC(CO)[C@@H](O)C(O)C3O)[C@@H](O)C(C)O[C@H]2O)OC(CO)[C@@H](O)[C@@H]1O[C@@H]1OC(C)[C@H](O)C(O[C@@H]2OC(C)[C@H](O)C(O)[C@@H]2O)[C@@H]1OC(C)=O. The van der Waals surface area contributed by atoms with Gasteiger partial charge in [-0.15, -0.1) is 0 Å². The standard InChI is InChI=1S/C34H57NO24/c1-8-16(40)21(45)23(47)32(51-8)58-27-18(42)10(3)52-34(29(27)53-12(5)39)56-25-15(35-11(4)38)31(54-14(7-37)20(25)44)59-28-26(17(41)9(2)50-30(28)49)57-33-24(48)22(46)19(43)13(6-36)55-33/h8-10,13-34,36-37,40-49H,6-7H2,1-5H3,(H,35,38)/t8?,9?,10?,13?,14?,15?,16-,17-,18-,19+,20+,21?,22?,23-,24?,25+,26?,27?,28-,29-,30+,31-,32-,33+,34-/m0/s1. The normalized spacial score (nSPS) is 50.8. The molecule has 25 nitrogen and oxygen atoms in total. The van der Waals surface area contributed by atoms with Gasteiger partial charge in [-0.05, 0) is 20.8 Å². The van der Waals surface area contributed by atoms with E-state index in [1.807, 2.05) is 0 Å². The third-order valence-corrected chi connectivity index (χ3v) is 10.9. The van der Waals surface area contributed by atoms with Crippen molar-refractivity contribution in [1.29, 1.82) is 0 Å². The van der Waals surface area contributed by atoms with Crippen LogP contribution in [0.1, 0.15) is 34.6 Å². The van der Waals surface area contributed by atoms with Crippen LogP contribution in [0.3, 0.4) is 0 Å². The fourth-order valence-corrected chi connectivity index (χ4v) is 7.53. The largest absolute Gasteiger partial charge is 0.454 e. The molecule has 0 bridgehead atoms. The van der Waals surface area contributed by atoms with E-state index in [4.69, 9.17) is 47.4 Å². The van der Waals surface area contributed by atoms with Crippen LogP contribution >= 0.6 is 0 Å². The Balaban J connectivity index is 1.46. The van der Waals surface area contributed by atoms with Gasteiger partial charge in [0.05, 0.1) is 31.5 Å². The molecule has 1 amide bonds. The highest BCUT2D eigenvalue weighted by Crippen LogP contribution is 2.36. The van der Waals surface area contributed by atoms with Gasteiger partial charge in [-0.2, -0.15) is 0 Å². The number of esters is 1. The summed E-state index contributed by atoms with van der Waals surface area (Å²) in [7, 11) is 0. The van der Waals surface area contributed by atoms with Gasteiger partial charge in [0.25, 0.3) is 0 Å². The Bertz CT molecular complexity index is 1380. The van der Waals surface area contributed by atoms with Crippen molar-refractivity contribution >= 4 is 11.9 Å². The third-order valence-electron chi connectivity index (χ3n) is 10.9. The molecule has 59 heavy (non-hydrogen) atoms. The minimum atomic E-state index is -1.97. The topological polar surface area (TPSA) is 381 Å². The zero-order chi connectivity index (χ0) is 43.8. The van der Waals surface area contributed by atoms with Crippen LogP contribution in [-0.4, -0.2) is 240 Å². The van der Waals surface area contributed by atoms with Gasteiger partial charge in [0.2, 0.25) is 5.91 Å². The molecule has 342 valence electrons. The fourth-order valence-electron chi connectivity index (χ4n) is 7.53. The van der Waals surface area contributed by atoms with Crippen LogP contribution in [0.25, 0.3) is 0 Å². The molecule has 5 fully saturated rings. The average Bonchev–Trinajstić information content (AvgIpc) is 3.18. The minimum Gasteiger partial charge on any atom is -0.454 e. The Labute approximate surface area is 336 Å². The van der Waals surface area contributed by atoms with Crippen LogP contribution in [0.4, 0.5) is 0 Å². The van der Waals surface area contributed by atoms with Gasteiger partial charge in [-0.3, -0.25) is 9.59 Å². The summed E-state index contributed by atoms with van der Waals surface area (Å²) in [5.74, 6) is -1.73. The van der Waals surface area contributed by atoms with E-state index in [9.17, 15) is 70.9 Å². The van der Waals surface area contributed by atoms with Gasteiger partial charge in [0.15, 0.2) is 37.6 Å². The first-order chi connectivity index (χ1) is 27.7. The highest BCUT2D eigenvalue weighted by atomic mass is 16.8. The molecule has 0 saturated carbocycles. The second-order valence-electron chi connectivity index (χ2n) is 15.2. The molecule has 11 unspecified atom stereocenters. The number of carbonyl (C=O) groups excluding carboxylic acids is 2.